The lowest BCUT2D eigenvalue weighted by atomic mass is 9.83. The van der Waals surface area contributed by atoms with Crippen LogP contribution in [0.1, 0.15) is 30.9 Å². The van der Waals surface area contributed by atoms with Gasteiger partial charge in [0.05, 0.1) is 32.3 Å². The van der Waals surface area contributed by atoms with E-state index in [0.29, 0.717) is 42.6 Å². The number of amides is 2. The van der Waals surface area contributed by atoms with Crippen molar-refractivity contribution in [3.8, 4) is 17.2 Å². The Kier molecular flexibility index (Phi) is 6.57. The van der Waals surface area contributed by atoms with Crippen LogP contribution in [0.15, 0.2) is 72.8 Å². The standard InChI is InChI=1S/C28H28N2O5/c1-33-22-11-9-21(10-12-22)30-26(31)15-13-23(27(30)19-6-3-2-4-7-19)28(32)29-20-8-14-24-25(18-20)35-17-5-16-34-24/h2-4,6-12,14,18,23,27H,5,13,15-17H2,1H3,(H,29,32)/t23-,27-/m0/s1. The van der Waals surface area contributed by atoms with E-state index in [0.717, 1.165) is 17.7 Å². The topological polar surface area (TPSA) is 77.1 Å². The summed E-state index contributed by atoms with van der Waals surface area (Å²) in [5.41, 5.74) is 2.28. The first-order valence-electron chi connectivity index (χ1n) is 11.9. The van der Waals surface area contributed by atoms with Crippen LogP contribution >= 0.6 is 0 Å². The predicted molar refractivity (Wildman–Crippen MR) is 133 cm³/mol. The van der Waals surface area contributed by atoms with Crippen LogP contribution in [0, 0.1) is 5.92 Å². The summed E-state index contributed by atoms with van der Waals surface area (Å²) in [5, 5.41) is 3.05. The molecule has 2 heterocycles. The lowest BCUT2D eigenvalue weighted by Crippen LogP contribution is -2.46. The van der Waals surface area contributed by atoms with Gasteiger partial charge >= 0.3 is 0 Å². The molecule has 5 rings (SSSR count). The molecule has 0 saturated carbocycles. The molecule has 2 aliphatic heterocycles. The highest BCUT2D eigenvalue weighted by molar-refractivity contribution is 6.00. The van der Waals surface area contributed by atoms with E-state index in [4.69, 9.17) is 14.2 Å². The van der Waals surface area contributed by atoms with E-state index in [1.54, 1.807) is 18.1 Å². The van der Waals surface area contributed by atoms with Gasteiger partial charge in [-0.15, -0.1) is 0 Å². The molecule has 0 spiro atoms. The van der Waals surface area contributed by atoms with Crippen LogP contribution < -0.4 is 24.4 Å². The first-order valence-corrected chi connectivity index (χ1v) is 11.9. The molecular formula is C28H28N2O5. The maximum Gasteiger partial charge on any atom is 0.229 e. The molecule has 0 aromatic heterocycles. The van der Waals surface area contributed by atoms with Crippen LogP contribution in [0.3, 0.4) is 0 Å². The lowest BCUT2D eigenvalue weighted by Gasteiger charge is -2.41. The number of anilines is 2. The molecule has 3 aromatic rings. The van der Waals surface area contributed by atoms with E-state index in [2.05, 4.69) is 5.32 Å². The first-order chi connectivity index (χ1) is 17.1. The van der Waals surface area contributed by atoms with Crippen molar-refractivity contribution in [2.45, 2.75) is 25.3 Å². The Labute approximate surface area is 204 Å². The van der Waals surface area contributed by atoms with E-state index in [1.165, 1.54) is 0 Å². The monoisotopic (exact) mass is 472 g/mol. The van der Waals surface area contributed by atoms with E-state index in [1.807, 2.05) is 66.7 Å². The molecule has 0 radical (unpaired) electrons. The number of hydrogen-bond donors (Lipinski definition) is 1. The molecule has 1 saturated heterocycles. The van der Waals surface area contributed by atoms with Gasteiger partial charge in [0.15, 0.2) is 11.5 Å². The van der Waals surface area contributed by atoms with E-state index < -0.39 is 12.0 Å². The lowest BCUT2D eigenvalue weighted by molar-refractivity contribution is -0.125. The molecule has 3 aromatic carbocycles. The second kappa shape index (κ2) is 10.1. The second-order valence-corrected chi connectivity index (χ2v) is 8.66. The Morgan fingerprint density at radius 1 is 0.971 bits per heavy atom. The molecule has 0 bridgehead atoms. The summed E-state index contributed by atoms with van der Waals surface area (Å²) in [4.78, 5) is 28.6. The maximum absolute atomic E-state index is 13.6. The highest BCUT2D eigenvalue weighted by Crippen LogP contribution is 2.41. The summed E-state index contributed by atoms with van der Waals surface area (Å²) < 4.78 is 16.8. The SMILES string of the molecule is COc1ccc(N2C(=O)CC[C@H](C(=O)Nc3ccc4c(c3)OCCCO4)[C@@H]2c2ccccc2)cc1. The van der Waals surface area contributed by atoms with Gasteiger partial charge in [-0.2, -0.15) is 0 Å². The van der Waals surface area contributed by atoms with Gasteiger partial charge in [-0.05, 0) is 48.4 Å². The number of piperidine rings is 1. The third-order valence-electron chi connectivity index (χ3n) is 6.44. The number of rotatable bonds is 5. The van der Waals surface area contributed by atoms with Crippen molar-refractivity contribution >= 4 is 23.2 Å². The normalized spacial score (nSPS) is 19.6. The molecule has 2 atom stereocenters. The number of ether oxygens (including phenoxy) is 3. The number of fused-ring (bicyclic) bond motifs is 1. The molecule has 7 heteroatoms. The van der Waals surface area contributed by atoms with Gasteiger partial charge in [-0.3, -0.25) is 9.59 Å². The summed E-state index contributed by atoms with van der Waals surface area (Å²) in [6.45, 7) is 1.18. The fourth-order valence-electron chi connectivity index (χ4n) is 4.72. The van der Waals surface area contributed by atoms with Gasteiger partial charge < -0.3 is 24.4 Å². The zero-order valence-electron chi connectivity index (χ0n) is 19.6. The highest BCUT2D eigenvalue weighted by Gasteiger charge is 2.41. The number of nitrogens with zero attached hydrogens (tertiary/aromatic N) is 1. The van der Waals surface area contributed by atoms with Crippen LogP contribution in [-0.2, 0) is 9.59 Å². The smallest absolute Gasteiger partial charge is 0.229 e. The number of benzene rings is 3. The molecule has 0 aliphatic carbocycles. The minimum absolute atomic E-state index is 0.0105. The Morgan fingerprint density at radius 3 is 2.46 bits per heavy atom. The number of methoxy groups -OCH3 is 1. The molecule has 2 amide bonds. The average Bonchev–Trinajstić information content (AvgIpc) is 3.14. The minimum Gasteiger partial charge on any atom is -0.497 e. The molecule has 2 aliphatic rings. The molecule has 180 valence electrons. The van der Waals surface area contributed by atoms with Crippen molar-refractivity contribution in [3.05, 3.63) is 78.4 Å². The number of carbonyl (C=O) groups excluding carboxylic acids is 2. The second-order valence-electron chi connectivity index (χ2n) is 8.66. The number of hydrogen-bond acceptors (Lipinski definition) is 5. The minimum atomic E-state index is -0.439. The Hall–Kier alpha value is -4.00. The first kappa shape index (κ1) is 22.8. The number of nitrogens with one attached hydrogen (secondary N) is 1. The Bertz CT molecular complexity index is 1200. The van der Waals surface area contributed by atoms with Gasteiger partial charge in [0.25, 0.3) is 0 Å². The summed E-state index contributed by atoms with van der Waals surface area (Å²) in [6.07, 6.45) is 1.56. The zero-order valence-corrected chi connectivity index (χ0v) is 19.6. The van der Waals surface area contributed by atoms with Crippen molar-refractivity contribution in [2.75, 3.05) is 30.5 Å². The van der Waals surface area contributed by atoms with Crippen LogP contribution in [0.5, 0.6) is 17.2 Å². The van der Waals surface area contributed by atoms with E-state index in [-0.39, 0.29) is 18.2 Å². The largest absolute Gasteiger partial charge is 0.497 e. The molecule has 35 heavy (non-hydrogen) atoms. The van der Waals surface area contributed by atoms with Crippen LogP contribution in [0.4, 0.5) is 11.4 Å². The van der Waals surface area contributed by atoms with Gasteiger partial charge in [-0.25, -0.2) is 0 Å². The van der Waals surface area contributed by atoms with Crippen LogP contribution in [-0.4, -0.2) is 32.1 Å². The van der Waals surface area contributed by atoms with Crippen molar-refractivity contribution in [1.29, 1.82) is 0 Å². The van der Waals surface area contributed by atoms with Crippen molar-refractivity contribution < 1.29 is 23.8 Å². The van der Waals surface area contributed by atoms with Gasteiger partial charge in [0.1, 0.15) is 5.75 Å². The molecule has 7 nitrogen and oxygen atoms in total. The van der Waals surface area contributed by atoms with Crippen molar-refractivity contribution in [3.63, 3.8) is 0 Å². The number of carbonyl (C=O) groups is 2. The van der Waals surface area contributed by atoms with Crippen molar-refractivity contribution in [2.24, 2.45) is 5.92 Å². The molecule has 0 unspecified atom stereocenters. The molecule has 1 N–H and O–H groups in total. The van der Waals surface area contributed by atoms with Crippen LogP contribution in [0.2, 0.25) is 0 Å². The third kappa shape index (κ3) is 4.80. The van der Waals surface area contributed by atoms with Crippen molar-refractivity contribution in [1.82, 2.24) is 0 Å². The predicted octanol–water partition coefficient (Wildman–Crippen LogP) is 4.98. The fraction of sp³-hybridized carbons (Fsp3) is 0.286. The highest BCUT2D eigenvalue weighted by atomic mass is 16.5. The van der Waals surface area contributed by atoms with E-state index in [9.17, 15) is 9.59 Å². The van der Waals surface area contributed by atoms with Gasteiger partial charge in [0, 0.05) is 30.3 Å². The summed E-state index contributed by atoms with van der Waals surface area (Å²) in [6, 6.07) is 22.1. The summed E-state index contributed by atoms with van der Waals surface area (Å²) in [5.74, 6) is 1.42. The van der Waals surface area contributed by atoms with E-state index >= 15 is 0 Å². The van der Waals surface area contributed by atoms with Gasteiger partial charge in [-0.1, -0.05) is 30.3 Å². The Morgan fingerprint density at radius 2 is 1.71 bits per heavy atom. The average molecular weight is 473 g/mol. The summed E-state index contributed by atoms with van der Waals surface area (Å²) in [7, 11) is 1.60. The molecule has 1 fully saturated rings. The quantitative estimate of drug-likeness (QED) is 0.567. The maximum atomic E-state index is 13.6. The molecular weight excluding hydrogens is 444 g/mol. The third-order valence-corrected chi connectivity index (χ3v) is 6.44. The van der Waals surface area contributed by atoms with Crippen LogP contribution in [0.25, 0.3) is 0 Å². The zero-order chi connectivity index (χ0) is 24.2. The Balaban J connectivity index is 1.46. The summed E-state index contributed by atoms with van der Waals surface area (Å²) >= 11 is 0. The fourth-order valence-corrected chi connectivity index (χ4v) is 4.72. The van der Waals surface area contributed by atoms with Gasteiger partial charge in [0.2, 0.25) is 11.8 Å².